The van der Waals surface area contributed by atoms with E-state index in [9.17, 15) is 9.59 Å². The van der Waals surface area contributed by atoms with Gasteiger partial charge < -0.3 is 9.30 Å². The van der Waals surface area contributed by atoms with E-state index in [2.05, 4.69) is 0 Å². The van der Waals surface area contributed by atoms with Gasteiger partial charge in [-0.15, -0.1) is 0 Å². The van der Waals surface area contributed by atoms with Gasteiger partial charge in [-0.05, 0) is 36.3 Å². The molecule has 1 heterocycles. The molecule has 27 heavy (non-hydrogen) atoms. The summed E-state index contributed by atoms with van der Waals surface area (Å²) in [4.78, 5) is 23.2. The summed E-state index contributed by atoms with van der Waals surface area (Å²) in [5.74, 6) is -0.413. The molecule has 0 saturated heterocycles. The summed E-state index contributed by atoms with van der Waals surface area (Å²) < 4.78 is 6.88. The van der Waals surface area contributed by atoms with Gasteiger partial charge >= 0.3 is 5.97 Å². The Morgan fingerprint density at radius 3 is 2.70 bits per heavy atom. The van der Waals surface area contributed by atoms with Crippen molar-refractivity contribution in [2.24, 2.45) is 0 Å². The van der Waals surface area contributed by atoms with E-state index >= 15 is 0 Å². The summed E-state index contributed by atoms with van der Waals surface area (Å²) >= 11 is 12.3. The fraction of sp³-hybridized carbons (Fsp3) is 0.143. The number of para-hydroxylation sites is 1. The lowest BCUT2D eigenvalue weighted by molar-refractivity contribution is -0.137. The van der Waals surface area contributed by atoms with Crippen molar-refractivity contribution in [3.05, 3.63) is 75.4 Å². The van der Waals surface area contributed by atoms with Crippen LogP contribution in [0.3, 0.4) is 0 Å². The zero-order valence-corrected chi connectivity index (χ0v) is 16.1. The molecule has 3 aromatic rings. The van der Waals surface area contributed by atoms with E-state index in [1.165, 1.54) is 6.08 Å². The molecule has 0 amide bonds. The van der Waals surface area contributed by atoms with Crippen molar-refractivity contribution in [2.75, 3.05) is 6.61 Å². The minimum atomic E-state index is -0.413. The first-order chi connectivity index (χ1) is 13.0. The Balaban J connectivity index is 2.09. The largest absolute Gasteiger partial charge is 0.463 e. The number of fused-ring (bicyclic) bond motifs is 1. The smallest absolute Gasteiger partial charge is 0.330 e. The molecule has 0 spiro atoms. The average molecular weight is 402 g/mol. The van der Waals surface area contributed by atoms with Crippen LogP contribution in [0.15, 0.2) is 48.7 Å². The molecule has 0 N–H and O–H groups in total. The van der Waals surface area contributed by atoms with E-state index in [0.717, 1.165) is 28.3 Å². The van der Waals surface area contributed by atoms with Crippen LogP contribution in [0.1, 0.15) is 28.4 Å². The number of benzene rings is 2. The molecule has 0 fully saturated rings. The molecule has 0 unspecified atom stereocenters. The molecule has 6 heteroatoms. The Hall–Kier alpha value is -2.56. The molecule has 138 valence electrons. The van der Waals surface area contributed by atoms with E-state index < -0.39 is 5.97 Å². The Bertz CT molecular complexity index is 1040. The van der Waals surface area contributed by atoms with Gasteiger partial charge in [-0.3, -0.25) is 4.79 Å². The van der Waals surface area contributed by atoms with Crippen LogP contribution in [-0.2, 0) is 16.1 Å². The maximum Gasteiger partial charge on any atom is 0.330 e. The summed E-state index contributed by atoms with van der Waals surface area (Å²) in [7, 11) is 0. The number of nitrogens with zero attached hydrogens (tertiary/aromatic N) is 1. The van der Waals surface area contributed by atoms with Crippen LogP contribution >= 0.6 is 23.2 Å². The first-order valence-corrected chi connectivity index (χ1v) is 9.15. The van der Waals surface area contributed by atoms with Gasteiger partial charge in [0.05, 0.1) is 12.1 Å². The standard InChI is InChI=1S/C21H17Cl2NO3/c1-2-27-20(26)9-7-14-4-3-5-18-16(13-25)12-24(21(14)18)11-15-6-8-17(22)10-19(15)23/h3-10,12-13H,2,11H2,1H3. The highest BCUT2D eigenvalue weighted by Gasteiger charge is 2.12. The summed E-state index contributed by atoms with van der Waals surface area (Å²) in [5.41, 5.74) is 3.09. The highest BCUT2D eigenvalue weighted by molar-refractivity contribution is 6.35. The van der Waals surface area contributed by atoms with Crippen molar-refractivity contribution in [1.82, 2.24) is 4.57 Å². The summed E-state index contributed by atoms with van der Waals surface area (Å²) in [6.45, 7) is 2.53. The van der Waals surface area contributed by atoms with Crippen molar-refractivity contribution in [3.63, 3.8) is 0 Å². The molecule has 0 aliphatic carbocycles. The van der Waals surface area contributed by atoms with Gasteiger partial charge in [0.2, 0.25) is 0 Å². The van der Waals surface area contributed by atoms with Crippen LogP contribution in [0.5, 0.6) is 0 Å². The van der Waals surface area contributed by atoms with Gasteiger partial charge in [0, 0.05) is 39.8 Å². The number of ether oxygens (including phenoxy) is 1. The second-order valence-electron chi connectivity index (χ2n) is 5.89. The van der Waals surface area contributed by atoms with E-state index in [1.54, 1.807) is 31.3 Å². The fourth-order valence-electron chi connectivity index (χ4n) is 2.95. The summed E-state index contributed by atoms with van der Waals surface area (Å²) in [6, 6.07) is 10.9. The van der Waals surface area contributed by atoms with E-state index in [4.69, 9.17) is 27.9 Å². The van der Waals surface area contributed by atoms with Crippen LogP contribution in [0, 0.1) is 0 Å². The van der Waals surface area contributed by atoms with Gasteiger partial charge in [-0.1, -0.05) is 47.5 Å². The van der Waals surface area contributed by atoms with E-state index in [-0.39, 0.29) is 0 Å². The number of rotatable bonds is 6. The highest BCUT2D eigenvalue weighted by atomic mass is 35.5. The molecule has 2 aromatic carbocycles. The van der Waals surface area contributed by atoms with Crippen molar-refractivity contribution in [3.8, 4) is 0 Å². The normalized spacial score (nSPS) is 11.2. The van der Waals surface area contributed by atoms with Crippen LogP contribution in [-0.4, -0.2) is 23.4 Å². The monoisotopic (exact) mass is 401 g/mol. The molecule has 1 aromatic heterocycles. The summed E-state index contributed by atoms with van der Waals surface area (Å²) in [6.07, 6.45) is 5.67. The second-order valence-corrected chi connectivity index (χ2v) is 6.74. The predicted molar refractivity (Wildman–Crippen MR) is 109 cm³/mol. The van der Waals surface area contributed by atoms with E-state index in [1.807, 2.05) is 28.8 Å². The number of carbonyl (C=O) groups is 2. The highest BCUT2D eigenvalue weighted by Crippen LogP contribution is 2.28. The van der Waals surface area contributed by atoms with Gasteiger partial charge in [0.1, 0.15) is 0 Å². The van der Waals surface area contributed by atoms with E-state index in [0.29, 0.717) is 28.8 Å². The van der Waals surface area contributed by atoms with Gasteiger partial charge in [-0.25, -0.2) is 4.79 Å². The minimum Gasteiger partial charge on any atom is -0.463 e. The van der Waals surface area contributed by atoms with Crippen LogP contribution in [0.2, 0.25) is 10.0 Å². The third kappa shape index (κ3) is 4.24. The van der Waals surface area contributed by atoms with Gasteiger partial charge in [-0.2, -0.15) is 0 Å². The number of halogens is 2. The molecule has 0 radical (unpaired) electrons. The summed E-state index contributed by atoms with van der Waals surface area (Å²) in [5, 5.41) is 1.92. The first-order valence-electron chi connectivity index (χ1n) is 8.39. The van der Waals surface area contributed by atoms with Crippen molar-refractivity contribution in [2.45, 2.75) is 13.5 Å². The molecule has 0 aliphatic rings. The number of aromatic nitrogens is 1. The number of hydrogen-bond acceptors (Lipinski definition) is 3. The molecule has 3 rings (SSSR count). The predicted octanol–water partition coefficient (Wildman–Crippen LogP) is 5.39. The quantitative estimate of drug-likeness (QED) is 0.316. The van der Waals surface area contributed by atoms with Crippen molar-refractivity contribution >= 4 is 52.4 Å². The second kappa shape index (κ2) is 8.42. The molecule has 0 saturated carbocycles. The number of aldehydes is 1. The van der Waals surface area contributed by atoms with Gasteiger partial charge in [0.25, 0.3) is 0 Å². The van der Waals surface area contributed by atoms with Crippen molar-refractivity contribution < 1.29 is 14.3 Å². The molecular weight excluding hydrogens is 385 g/mol. The molecule has 0 atom stereocenters. The third-order valence-electron chi connectivity index (χ3n) is 4.13. The Morgan fingerprint density at radius 2 is 2.00 bits per heavy atom. The topological polar surface area (TPSA) is 48.3 Å². The van der Waals surface area contributed by atoms with Crippen LogP contribution in [0.25, 0.3) is 17.0 Å². The molecule has 0 bridgehead atoms. The lowest BCUT2D eigenvalue weighted by Gasteiger charge is -2.10. The Morgan fingerprint density at radius 1 is 1.19 bits per heavy atom. The zero-order chi connectivity index (χ0) is 19.4. The maximum absolute atomic E-state index is 11.7. The fourth-order valence-corrected chi connectivity index (χ4v) is 3.42. The number of hydrogen-bond donors (Lipinski definition) is 0. The van der Waals surface area contributed by atoms with Crippen molar-refractivity contribution in [1.29, 1.82) is 0 Å². The lowest BCUT2D eigenvalue weighted by Crippen LogP contribution is -2.01. The SMILES string of the molecule is CCOC(=O)C=Cc1cccc2c(C=O)cn(Cc3ccc(Cl)cc3Cl)c12. The van der Waals surface area contributed by atoms with Gasteiger partial charge in [0.15, 0.2) is 6.29 Å². The average Bonchev–Trinajstić information content (AvgIpc) is 3.01. The lowest BCUT2D eigenvalue weighted by atomic mass is 10.1. The first kappa shape index (κ1) is 19.2. The Labute approximate surface area is 166 Å². The number of carbonyl (C=O) groups excluding carboxylic acids is 2. The van der Waals surface area contributed by atoms with Crippen LogP contribution < -0.4 is 0 Å². The molecular formula is C21H17Cl2NO3. The maximum atomic E-state index is 11.7. The number of esters is 1. The molecule has 0 aliphatic heterocycles. The van der Waals surface area contributed by atoms with Crippen LogP contribution in [0.4, 0.5) is 0 Å². The molecule has 4 nitrogen and oxygen atoms in total. The Kier molecular flexibility index (Phi) is 5.99. The zero-order valence-electron chi connectivity index (χ0n) is 14.6. The minimum absolute atomic E-state index is 0.314. The third-order valence-corrected chi connectivity index (χ3v) is 4.72.